The summed E-state index contributed by atoms with van der Waals surface area (Å²) in [6, 6.07) is 9.32. The Morgan fingerprint density at radius 1 is 1.44 bits per heavy atom. The summed E-state index contributed by atoms with van der Waals surface area (Å²) in [5, 5.41) is 4.16. The van der Waals surface area contributed by atoms with E-state index in [4.69, 9.17) is 0 Å². The quantitative estimate of drug-likeness (QED) is 0.898. The Morgan fingerprint density at radius 2 is 2.22 bits per heavy atom. The lowest BCUT2D eigenvalue weighted by atomic mass is 10.0. The molecule has 1 aliphatic rings. The number of nitrogens with one attached hydrogen (secondary N) is 1. The zero-order chi connectivity index (χ0) is 13.0. The minimum absolute atomic E-state index is 0.464. The molecule has 0 aromatic heterocycles. The first-order valence-corrected chi connectivity index (χ1v) is 7.93. The highest BCUT2D eigenvalue weighted by Gasteiger charge is 2.21. The van der Waals surface area contributed by atoms with E-state index in [1.165, 1.54) is 30.1 Å². The Kier molecular flexibility index (Phi) is 4.95. The van der Waals surface area contributed by atoms with Gasteiger partial charge in [0.25, 0.3) is 0 Å². The van der Waals surface area contributed by atoms with Gasteiger partial charge in [-0.2, -0.15) is 11.8 Å². The molecular weight excluding hydrogens is 240 g/mol. The average Bonchev–Trinajstić information content (AvgIpc) is 2.41. The van der Waals surface area contributed by atoms with Crippen LogP contribution >= 0.6 is 11.8 Å². The van der Waals surface area contributed by atoms with E-state index < -0.39 is 0 Å². The van der Waals surface area contributed by atoms with E-state index in [1.54, 1.807) is 0 Å². The summed E-state index contributed by atoms with van der Waals surface area (Å²) in [6.45, 7) is 6.91. The van der Waals surface area contributed by atoms with Crippen molar-refractivity contribution in [3.63, 3.8) is 0 Å². The maximum Gasteiger partial charge on any atom is 0.0415 e. The lowest BCUT2D eigenvalue weighted by Crippen LogP contribution is -2.37. The van der Waals surface area contributed by atoms with E-state index in [0.29, 0.717) is 6.04 Å². The van der Waals surface area contributed by atoms with Crippen LogP contribution in [-0.2, 0) is 0 Å². The second-order valence-corrected chi connectivity index (χ2v) is 6.48. The summed E-state index contributed by atoms with van der Waals surface area (Å²) in [5.74, 6) is 1.24. The zero-order valence-corrected chi connectivity index (χ0v) is 12.5. The molecule has 0 spiro atoms. The number of anilines is 1. The van der Waals surface area contributed by atoms with Crippen molar-refractivity contribution in [3.8, 4) is 0 Å². The molecule has 0 aliphatic carbocycles. The molecule has 0 radical (unpaired) electrons. The van der Waals surface area contributed by atoms with Crippen LogP contribution in [0.1, 0.15) is 31.9 Å². The standard InChI is InChI=1S/C15H24N2S/c1-4-14(16-3)13-7-5-6-8-15(13)17-9-10-18-12(2)11-17/h5-8,12,14,16H,4,9-11H2,1-3H3. The normalized spacial score (nSPS) is 21.9. The molecule has 1 heterocycles. The largest absolute Gasteiger partial charge is 0.369 e. The van der Waals surface area contributed by atoms with Gasteiger partial charge in [-0.25, -0.2) is 0 Å². The molecule has 1 aromatic carbocycles. The Hall–Kier alpha value is -0.670. The third-order valence-corrected chi connectivity index (χ3v) is 4.79. The molecule has 1 aliphatic heterocycles. The molecular formula is C15H24N2S. The molecule has 1 fully saturated rings. The topological polar surface area (TPSA) is 15.3 Å². The summed E-state index contributed by atoms with van der Waals surface area (Å²) in [7, 11) is 2.06. The smallest absolute Gasteiger partial charge is 0.0415 e. The molecule has 0 saturated carbocycles. The van der Waals surface area contributed by atoms with Crippen LogP contribution in [0.4, 0.5) is 5.69 Å². The van der Waals surface area contributed by atoms with Crippen LogP contribution in [0.25, 0.3) is 0 Å². The molecule has 1 saturated heterocycles. The third-order valence-electron chi connectivity index (χ3n) is 3.65. The Bertz CT molecular complexity index is 377. The maximum absolute atomic E-state index is 3.43. The maximum atomic E-state index is 3.43. The SMILES string of the molecule is CCC(NC)c1ccccc1N1CCSC(C)C1. The molecule has 2 rings (SSSR count). The van der Waals surface area contributed by atoms with Crippen molar-refractivity contribution in [2.24, 2.45) is 0 Å². The monoisotopic (exact) mass is 264 g/mol. The van der Waals surface area contributed by atoms with E-state index in [9.17, 15) is 0 Å². The van der Waals surface area contributed by atoms with E-state index in [-0.39, 0.29) is 0 Å². The van der Waals surface area contributed by atoms with Crippen LogP contribution in [0.5, 0.6) is 0 Å². The third kappa shape index (κ3) is 3.01. The number of nitrogens with zero attached hydrogens (tertiary/aromatic N) is 1. The number of para-hydroxylation sites is 1. The molecule has 1 N–H and O–H groups in total. The van der Waals surface area contributed by atoms with Gasteiger partial charge in [0, 0.05) is 35.8 Å². The van der Waals surface area contributed by atoms with Crippen LogP contribution in [0.15, 0.2) is 24.3 Å². The van der Waals surface area contributed by atoms with Gasteiger partial charge >= 0.3 is 0 Å². The molecule has 2 nitrogen and oxygen atoms in total. The van der Waals surface area contributed by atoms with Crippen LogP contribution in [0, 0.1) is 0 Å². The summed E-state index contributed by atoms with van der Waals surface area (Å²) < 4.78 is 0. The molecule has 0 bridgehead atoms. The fourth-order valence-electron chi connectivity index (χ4n) is 2.69. The number of hydrogen-bond acceptors (Lipinski definition) is 3. The second kappa shape index (κ2) is 6.48. The van der Waals surface area contributed by atoms with Gasteiger partial charge in [-0.1, -0.05) is 32.0 Å². The Labute approximate surface area is 115 Å². The van der Waals surface area contributed by atoms with Gasteiger partial charge in [-0.05, 0) is 25.1 Å². The van der Waals surface area contributed by atoms with Crippen LogP contribution < -0.4 is 10.2 Å². The minimum Gasteiger partial charge on any atom is -0.369 e. The van der Waals surface area contributed by atoms with E-state index in [1.807, 2.05) is 0 Å². The average molecular weight is 264 g/mol. The molecule has 2 atom stereocenters. The van der Waals surface area contributed by atoms with Crippen LogP contribution in [0.2, 0.25) is 0 Å². The minimum atomic E-state index is 0.464. The number of hydrogen-bond donors (Lipinski definition) is 1. The summed E-state index contributed by atoms with van der Waals surface area (Å²) in [4.78, 5) is 2.55. The highest BCUT2D eigenvalue weighted by molar-refractivity contribution is 8.00. The van der Waals surface area contributed by atoms with E-state index in [2.05, 4.69) is 67.1 Å². The zero-order valence-electron chi connectivity index (χ0n) is 11.6. The van der Waals surface area contributed by atoms with Crippen molar-refractivity contribution in [1.29, 1.82) is 0 Å². The summed E-state index contributed by atoms with van der Waals surface area (Å²) in [5.41, 5.74) is 2.87. The lowest BCUT2D eigenvalue weighted by Gasteiger charge is -2.35. The summed E-state index contributed by atoms with van der Waals surface area (Å²) in [6.07, 6.45) is 1.13. The van der Waals surface area contributed by atoms with Gasteiger partial charge in [0.15, 0.2) is 0 Å². The van der Waals surface area contributed by atoms with Crippen molar-refractivity contribution in [3.05, 3.63) is 29.8 Å². The fraction of sp³-hybridized carbons (Fsp3) is 0.600. The van der Waals surface area contributed by atoms with E-state index in [0.717, 1.165) is 11.7 Å². The molecule has 2 unspecified atom stereocenters. The van der Waals surface area contributed by atoms with Gasteiger partial charge < -0.3 is 10.2 Å². The highest BCUT2D eigenvalue weighted by Crippen LogP contribution is 2.31. The van der Waals surface area contributed by atoms with Crippen molar-refractivity contribution in [2.75, 3.05) is 30.8 Å². The van der Waals surface area contributed by atoms with Gasteiger partial charge in [0.1, 0.15) is 0 Å². The molecule has 18 heavy (non-hydrogen) atoms. The predicted molar refractivity (Wildman–Crippen MR) is 82.7 cm³/mol. The highest BCUT2D eigenvalue weighted by atomic mass is 32.2. The molecule has 1 aromatic rings. The Balaban J connectivity index is 2.26. The Morgan fingerprint density at radius 3 is 2.89 bits per heavy atom. The van der Waals surface area contributed by atoms with Crippen molar-refractivity contribution in [2.45, 2.75) is 31.6 Å². The van der Waals surface area contributed by atoms with Crippen molar-refractivity contribution >= 4 is 17.4 Å². The number of rotatable bonds is 4. The lowest BCUT2D eigenvalue weighted by molar-refractivity contribution is 0.574. The van der Waals surface area contributed by atoms with Crippen LogP contribution in [-0.4, -0.2) is 31.1 Å². The van der Waals surface area contributed by atoms with Gasteiger partial charge in [-0.15, -0.1) is 0 Å². The molecule has 0 amide bonds. The van der Waals surface area contributed by atoms with Crippen molar-refractivity contribution in [1.82, 2.24) is 5.32 Å². The van der Waals surface area contributed by atoms with Gasteiger partial charge in [0.2, 0.25) is 0 Å². The number of thioether (sulfide) groups is 1. The van der Waals surface area contributed by atoms with Gasteiger partial charge in [-0.3, -0.25) is 0 Å². The first-order chi connectivity index (χ1) is 8.76. The second-order valence-electron chi connectivity index (χ2n) is 4.94. The first kappa shape index (κ1) is 13.8. The van der Waals surface area contributed by atoms with Crippen LogP contribution in [0.3, 0.4) is 0 Å². The molecule has 100 valence electrons. The summed E-state index contributed by atoms with van der Waals surface area (Å²) >= 11 is 2.08. The van der Waals surface area contributed by atoms with E-state index >= 15 is 0 Å². The molecule has 3 heteroatoms. The van der Waals surface area contributed by atoms with Crippen molar-refractivity contribution < 1.29 is 0 Å². The van der Waals surface area contributed by atoms with Gasteiger partial charge in [0.05, 0.1) is 0 Å². The number of benzene rings is 1. The predicted octanol–water partition coefficient (Wildman–Crippen LogP) is 3.30. The fourth-order valence-corrected chi connectivity index (χ4v) is 3.70. The first-order valence-electron chi connectivity index (χ1n) is 6.89.